The third-order valence-electron chi connectivity index (χ3n) is 2.90. The molecular formula is C13H13N3O4. The van der Waals surface area contributed by atoms with Crippen LogP contribution in [-0.4, -0.2) is 20.9 Å². The van der Waals surface area contributed by atoms with E-state index >= 15 is 0 Å². The van der Waals surface area contributed by atoms with Gasteiger partial charge in [0.05, 0.1) is 0 Å². The van der Waals surface area contributed by atoms with Crippen molar-refractivity contribution in [2.45, 2.75) is 13.8 Å². The number of aromatic nitrogens is 1. The highest BCUT2D eigenvalue weighted by molar-refractivity contribution is 6.03. The lowest BCUT2D eigenvalue weighted by Gasteiger charge is -2.09. The minimum absolute atomic E-state index is 0.0989. The Balaban J connectivity index is 2.23. The van der Waals surface area contributed by atoms with Crippen LogP contribution < -0.4 is 5.32 Å². The zero-order chi connectivity index (χ0) is 14.9. The Hall–Kier alpha value is -2.83. The highest BCUT2D eigenvalue weighted by atomic mass is 16.6. The van der Waals surface area contributed by atoms with Crippen molar-refractivity contribution in [3.05, 3.63) is 51.2 Å². The number of carbonyl (C=O) groups excluding carboxylic acids is 1. The van der Waals surface area contributed by atoms with E-state index in [0.717, 1.165) is 0 Å². The highest BCUT2D eigenvalue weighted by Crippen LogP contribution is 2.25. The van der Waals surface area contributed by atoms with E-state index in [2.05, 4.69) is 10.3 Å². The van der Waals surface area contributed by atoms with E-state index in [0.29, 0.717) is 16.8 Å². The van der Waals surface area contributed by atoms with Crippen molar-refractivity contribution in [3.63, 3.8) is 0 Å². The number of nitrogens with zero attached hydrogens (tertiary/aromatic N) is 1. The summed E-state index contributed by atoms with van der Waals surface area (Å²) in [7, 11) is 0. The molecule has 1 aromatic carbocycles. The fourth-order valence-corrected chi connectivity index (χ4v) is 1.75. The summed E-state index contributed by atoms with van der Waals surface area (Å²) in [5.74, 6) is -0.573. The van der Waals surface area contributed by atoms with Gasteiger partial charge in [-0.25, -0.2) is 4.98 Å². The number of nitro groups is 1. The monoisotopic (exact) mass is 275 g/mol. The van der Waals surface area contributed by atoms with Crippen LogP contribution in [0, 0.1) is 24.0 Å². The number of phenolic OH excluding ortho intramolecular Hbond substituents is 1. The third kappa shape index (κ3) is 2.61. The summed E-state index contributed by atoms with van der Waals surface area (Å²) in [5, 5.41) is 22.7. The molecule has 20 heavy (non-hydrogen) atoms. The molecular weight excluding hydrogens is 262 g/mol. The molecule has 2 rings (SSSR count). The maximum atomic E-state index is 12.0. The van der Waals surface area contributed by atoms with E-state index in [4.69, 9.17) is 0 Å². The Kier molecular flexibility index (Phi) is 3.43. The molecule has 1 amide bonds. The van der Waals surface area contributed by atoms with Gasteiger partial charge in [0.1, 0.15) is 5.75 Å². The van der Waals surface area contributed by atoms with Gasteiger partial charge in [0.15, 0.2) is 5.69 Å². The Labute approximate surface area is 114 Å². The molecule has 0 radical (unpaired) electrons. The van der Waals surface area contributed by atoms with E-state index in [1.807, 2.05) is 0 Å². The number of rotatable bonds is 3. The molecule has 1 heterocycles. The number of hydrogen-bond donors (Lipinski definition) is 3. The number of hydrogen-bond acceptors (Lipinski definition) is 4. The van der Waals surface area contributed by atoms with Gasteiger partial charge in [0.25, 0.3) is 5.91 Å². The first kappa shape index (κ1) is 13.6. The van der Waals surface area contributed by atoms with Crippen molar-refractivity contribution in [1.29, 1.82) is 0 Å². The average molecular weight is 275 g/mol. The first-order chi connectivity index (χ1) is 9.38. The van der Waals surface area contributed by atoms with Gasteiger partial charge in [-0.2, -0.15) is 0 Å². The Morgan fingerprint density at radius 1 is 1.30 bits per heavy atom. The number of aromatic amines is 1. The minimum Gasteiger partial charge on any atom is -0.508 e. The second-order valence-electron chi connectivity index (χ2n) is 4.42. The van der Waals surface area contributed by atoms with Gasteiger partial charge in [0, 0.05) is 11.8 Å². The quantitative estimate of drug-likeness (QED) is 0.454. The molecule has 1 aromatic heterocycles. The molecule has 0 spiro atoms. The fourth-order valence-electron chi connectivity index (χ4n) is 1.75. The average Bonchev–Trinajstić information content (AvgIpc) is 2.85. The maximum absolute atomic E-state index is 12.0. The molecule has 7 heteroatoms. The number of amides is 1. The van der Waals surface area contributed by atoms with E-state index in [1.165, 1.54) is 12.1 Å². The van der Waals surface area contributed by atoms with Gasteiger partial charge in [-0.3, -0.25) is 4.79 Å². The smallest absolute Gasteiger partial charge is 0.321 e. The first-order valence-electron chi connectivity index (χ1n) is 5.83. The van der Waals surface area contributed by atoms with Crippen LogP contribution in [0.2, 0.25) is 0 Å². The van der Waals surface area contributed by atoms with Crippen molar-refractivity contribution in [2.24, 2.45) is 0 Å². The van der Waals surface area contributed by atoms with Gasteiger partial charge in [-0.1, -0.05) is 0 Å². The third-order valence-corrected chi connectivity index (χ3v) is 2.90. The summed E-state index contributed by atoms with van der Waals surface area (Å²) in [6.45, 7) is 3.45. The van der Waals surface area contributed by atoms with Crippen molar-refractivity contribution in [2.75, 3.05) is 5.32 Å². The second-order valence-corrected chi connectivity index (χ2v) is 4.42. The van der Waals surface area contributed by atoms with E-state index in [1.54, 1.807) is 26.0 Å². The number of aromatic hydroxyl groups is 1. The number of aryl methyl sites for hydroxylation is 2. The zero-order valence-corrected chi connectivity index (χ0v) is 10.9. The lowest BCUT2D eigenvalue weighted by atomic mass is 10.1. The van der Waals surface area contributed by atoms with Gasteiger partial charge in [-0.05, 0) is 48.1 Å². The molecule has 0 aliphatic rings. The molecule has 0 bridgehead atoms. The molecule has 104 valence electrons. The topological polar surface area (TPSA) is 108 Å². The number of phenols is 1. The lowest BCUT2D eigenvalue weighted by Crippen LogP contribution is -2.13. The predicted octanol–water partition coefficient (Wildman–Crippen LogP) is 2.50. The van der Waals surface area contributed by atoms with Crippen LogP contribution in [-0.2, 0) is 0 Å². The summed E-state index contributed by atoms with van der Waals surface area (Å²) in [6.07, 6.45) is 0. The van der Waals surface area contributed by atoms with E-state index in [9.17, 15) is 20.0 Å². The SMILES string of the molecule is Cc1cc(NC(=O)c2ccc([N+](=O)[O-])[nH]2)c(C)cc1O. The normalized spacial score (nSPS) is 10.3. The van der Waals surface area contributed by atoms with Crippen LogP contribution in [0.5, 0.6) is 5.75 Å². The van der Waals surface area contributed by atoms with Crippen molar-refractivity contribution in [1.82, 2.24) is 4.98 Å². The van der Waals surface area contributed by atoms with Crippen LogP contribution >= 0.6 is 0 Å². The first-order valence-corrected chi connectivity index (χ1v) is 5.83. The van der Waals surface area contributed by atoms with Crippen molar-refractivity contribution >= 4 is 17.4 Å². The fraction of sp³-hybridized carbons (Fsp3) is 0.154. The van der Waals surface area contributed by atoms with Gasteiger partial charge >= 0.3 is 5.82 Å². The van der Waals surface area contributed by atoms with Gasteiger partial charge in [-0.15, -0.1) is 0 Å². The minimum atomic E-state index is -0.604. The van der Waals surface area contributed by atoms with Crippen molar-refractivity contribution in [3.8, 4) is 5.75 Å². The van der Waals surface area contributed by atoms with E-state index in [-0.39, 0.29) is 17.3 Å². The summed E-state index contributed by atoms with van der Waals surface area (Å²) >= 11 is 0. The van der Waals surface area contributed by atoms with Crippen LogP contribution in [0.4, 0.5) is 11.5 Å². The number of H-pyrrole nitrogens is 1. The Bertz CT molecular complexity index is 691. The highest BCUT2D eigenvalue weighted by Gasteiger charge is 2.16. The predicted molar refractivity (Wildman–Crippen MR) is 73.0 cm³/mol. The van der Waals surface area contributed by atoms with Gasteiger partial charge in [0.2, 0.25) is 0 Å². The molecule has 0 unspecified atom stereocenters. The second kappa shape index (κ2) is 5.04. The molecule has 2 aromatic rings. The number of carbonyl (C=O) groups is 1. The molecule has 0 aliphatic heterocycles. The molecule has 7 nitrogen and oxygen atoms in total. The maximum Gasteiger partial charge on any atom is 0.321 e. The standard InChI is InChI=1S/C13H13N3O4/c1-7-6-11(17)8(2)5-10(7)15-13(18)9-3-4-12(14-9)16(19)20/h3-6,14,17H,1-2H3,(H,15,18). The number of benzene rings is 1. The number of nitrogens with one attached hydrogen (secondary N) is 2. The summed E-state index contributed by atoms with van der Waals surface area (Å²) < 4.78 is 0. The Morgan fingerprint density at radius 3 is 2.60 bits per heavy atom. The molecule has 0 atom stereocenters. The van der Waals surface area contributed by atoms with Crippen LogP contribution in [0.25, 0.3) is 0 Å². The zero-order valence-electron chi connectivity index (χ0n) is 10.9. The summed E-state index contributed by atoms with van der Waals surface area (Å²) in [5.41, 5.74) is 1.97. The molecule has 0 saturated heterocycles. The molecule has 0 aliphatic carbocycles. The van der Waals surface area contributed by atoms with Crippen LogP contribution in [0.1, 0.15) is 21.6 Å². The molecule has 0 fully saturated rings. The largest absolute Gasteiger partial charge is 0.508 e. The molecule has 3 N–H and O–H groups in total. The Morgan fingerprint density at radius 2 is 2.00 bits per heavy atom. The van der Waals surface area contributed by atoms with Gasteiger partial charge < -0.3 is 20.5 Å². The van der Waals surface area contributed by atoms with E-state index < -0.39 is 10.8 Å². The number of anilines is 1. The lowest BCUT2D eigenvalue weighted by molar-refractivity contribution is -0.389. The van der Waals surface area contributed by atoms with Crippen LogP contribution in [0.3, 0.4) is 0 Å². The summed E-state index contributed by atoms with van der Waals surface area (Å²) in [6, 6.07) is 5.75. The summed E-state index contributed by atoms with van der Waals surface area (Å²) in [4.78, 5) is 24.3. The van der Waals surface area contributed by atoms with Crippen molar-refractivity contribution < 1.29 is 14.8 Å². The van der Waals surface area contributed by atoms with Crippen LogP contribution in [0.15, 0.2) is 24.3 Å². The molecule has 0 saturated carbocycles.